The summed E-state index contributed by atoms with van der Waals surface area (Å²) in [5, 5.41) is 3.29. The second-order valence-electron chi connectivity index (χ2n) is 5.09. The summed E-state index contributed by atoms with van der Waals surface area (Å²) in [6, 6.07) is 0.390. The van der Waals surface area contributed by atoms with E-state index >= 15 is 0 Å². The zero-order chi connectivity index (χ0) is 13.8. The fourth-order valence-corrected chi connectivity index (χ4v) is 1.67. The summed E-state index contributed by atoms with van der Waals surface area (Å²) in [7, 11) is 1.70. The molecule has 0 aromatic carbocycles. The molecule has 0 aliphatic carbocycles. The fraction of sp³-hybridized carbons (Fsp3) is 0.923. The third-order valence-electron chi connectivity index (χ3n) is 2.71. The first-order valence-electron chi connectivity index (χ1n) is 6.86. The average Bonchev–Trinajstić information content (AvgIpc) is 2.32. The maximum absolute atomic E-state index is 5.44. The van der Waals surface area contributed by atoms with Crippen LogP contribution in [0.3, 0.4) is 0 Å². The minimum Gasteiger partial charge on any atom is -0.385 e. The number of nitrogens with one attached hydrogen (secondary N) is 2. The van der Waals surface area contributed by atoms with Crippen molar-refractivity contribution in [1.82, 2.24) is 10.7 Å². The minimum absolute atomic E-state index is 0.390. The topological polar surface area (TPSA) is 71.7 Å². The van der Waals surface area contributed by atoms with Crippen LogP contribution in [0, 0.1) is 5.92 Å². The van der Waals surface area contributed by atoms with Crippen LogP contribution in [0.25, 0.3) is 0 Å². The maximum atomic E-state index is 5.44. The number of hydrogen-bond donors (Lipinski definition) is 3. The summed E-state index contributed by atoms with van der Waals surface area (Å²) < 4.78 is 4.97. The number of rotatable bonds is 9. The van der Waals surface area contributed by atoms with Gasteiger partial charge >= 0.3 is 0 Å². The number of nitrogens with two attached hydrogens (primary N) is 1. The molecule has 0 saturated carbocycles. The number of hydrogen-bond acceptors (Lipinski definition) is 3. The molecule has 1 unspecified atom stereocenters. The summed E-state index contributed by atoms with van der Waals surface area (Å²) in [4.78, 5) is 4.35. The molecule has 4 N–H and O–H groups in total. The van der Waals surface area contributed by atoms with E-state index in [2.05, 4.69) is 36.5 Å². The summed E-state index contributed by atoms with van der Waals surface area (Å²) >= 11 is 0. The van der Waals surface area contributed by atoms with Gasteiger partial charge in [-0.25, -0.2) is 5.84 Å². The fourth-order valence-electron chi connectivity index (χ4n) is 1.67. The Morgan fingerprint density at radius 3 is 2.50 bits per heavy atom. The Bertz CT molecular complexity index is 219. The number of guanidine groups is 1. The molecule has 5 heteroatoms. The Morgan fingerprint density at radius 2 is 1.94 bits per heavy atom. The summed E-state index contributed by atoms with van der Waals surface area (Å²) in [5.74, 6) is 6.88. The molecule has 0 aromatic rings. The highest BCUT2D eigenvalue weighted by atomic mass is 16.5. The van der Waals surface area contributed by atoms with E-state index in [-0.39, 0.29) is 0 Å². The van der Waals surface area contributed by atoms with E-state index in [1.807, 2.05) is 0 Å². The third kappa shape index (κ3) is 10.4. The van der Waals surface area contributed by atoms with Crippen LogP contribution in [-0.2, 0) is 4.74 Å². The third-order valence-corrected chi connectivity index (χ3v) is 2.71. The molecule has 0 saturated heterocycles. The van der Waals surface area contributed by atoms with Crippen LogP contribution < -0.4 is 16.6 Å². The van der Waals surface area contributed by atoms with Gasteiger partial charge in [-0.1, -0.05) is 26.7 Å². The van der Waals surface area contributed by atoms with Gasteiger partial charge in [-0.05, 0) is 25.7 Å². The number of hydrazine groups is 1. The van der Waals surface area contributed by atoms with E-state index in [4.69, 9.17) is 10.6 Å². The number of nitrogens with zero attached hydrogens (tertiary/aromatic N) is 1. The molecule has 0 bridgehead atoms. The molecule has 0 amide bonds. The minimum atomic E-state index is 0.390. The highest BCUT2D eigenvalue weighted by molar-refractivity contribution is 5.79. The van der Waals surface area contributed by atoms with Gasteiger partial charge in [-0.15, -0.1) is 0 Å². The number of aliphatic imine (C=N–C) groups is 1. The van der Waals surface area contributed by atoms with Crippen LogP contribution >= 0.6 is 0 Å². The van der Waals surface area contributed by atoms with E-state index in [0.29, 0.717) is 12.0 Å². The zero-order valence-electron chi connectivity index (χ0n) is 12.3. The lowest BCUT2D eigenvalue weighted by Gasteiger charge is -2.17. The van der Waals surface area contributed by atoms with Crippen molar-refractivity contribution in [3.05, 3.63) is 0 Å². The Kier molecular flexibility index (Phi) is 10.8. The monoisotopic (exact) mass is 258 g/mol. The summed E-state index contributed by atoms with van der Waals surface area (Å²) in [6.45, 7) is 8.11. The largest absolute Gasteiger partial charge is 0.385 e. The van der Waals surface area contributed by atoms with Crippen LogP contribution in [0.5, 0.6) is 0 Å². The Morgan fingerprint density at radius 1 is 1.22 bits per heavy atom. The highest BCUT2D eigenvalue weighted by Crippen LogP contribution is 2.07. The molecule has 0 aliphatic rings. The predicted octanol–water partition coefficient (Wildman–Crippen LogP) is 1.65. The van der Waals surface area contributed by atoms with Crippen LogP contribution in [0.2, 0.25) is 0 Å². The quantitative estimate of drug-likeness (QED) is 0.193. The van der Waals surface area contributed by atoms with Crippen molar-refractivity contribution in [3.8, 4) is 0 Å². The molecular formula is C13H30N4O. The second-order valence-corrected chi connectivity index (χ2v) is 5.09. The van der Waals surface area contributed by atoms with Crippen molar-refractivity contribution >= 4 is 5.96 Å². The molecule has 0 aliphatic heterocycles. The predicted molar refractivity (Wildman–Crippen MR) is 77.4 cm³/mol. The smallest absolute Gasteiger partial charge is 0.205 e. The summed E-state index contributed by atoms with van der Waals surface area (Å²) in [5.41, 5.74) is 2.61. The molecule has 108 valence electrons. The van der Waals surface area contributed by atoms with E-state index in [1.54, 1.807) is 7.11 Å². The molecule has 1 atom stereocenters. The van der Waals surface area contributed by atoms with E-state index in [1.165, 1.54) is 12.8 Å². The van der Waals surface area contributed by atoms with Crippen LogP contribution in [-0.4, -0.2) is 32.3 Å². The lowest BCUT2D eigenvalue weighted by molar-refractivity contribution is 0.197. The number of methoxy groups -OCH3 is 1. The van der Waals surface area contributed by atoms with Gasteiger partial charge in [0.25, 0.3) is 0 Å². The zero-order valence-corrected chi connectivity index (χ0v) is 12.3. The van der Waals surface area contributed by atoms with Gasteiger partial charge in [0.05, 0.1) is 0 Å². The van der Waals surface area contributed by atoms with Crippen molar-refractivity contribution in [2.24, 2.45) is 16.8 Å². The van der Waals surface area contributed by atoms with Crippen LogP contribution in [0.1, 0.15) is 46.5 Å². The van der Waals surface area contributed by atoms with Crippen molar-refractivity contribution in [1.29, 1.82) is 0 Å². The average molecular weight is 258 g/mol. The van der Waals surface area contributed by atoms with E-state index < -0.39 is 0 Å². The molecule has 0 radical (unpaired) electrons. The van der Waals surface area contributed by atoms with Crippen LogP contribution in [0.4, 0.5) is 0 Å². The Labute approximate surface area is 112 Å². The van der Waals surface area contributed by atoms with Gasteiger partial charge < -0.3 is 10.1 Å². The lowest BCUT2D eigenvalue weighted by atomic mass is 10.0. The molecule has 0 spiro atoms. The van der Waals surface area contributed by atoms with E-state index in [9.17, 15) is 0 Å². The van der Waals surface area contributed by atoms with Gasteiger partial charge in [0, 0.05) is 26.3 Å². The van der Waals surface area contributed by atoms with Crippen molar-refractivity contribution in [3.63, 3.8) is 0 Å². The van der Waals surface area contributed by atoms with Gasteiger partial charge in [-0.3, -0.25) is 10.4 Å². The molecule has 5 nitrogen and oxygen atoms in total. The molecule has 0 heterocycles. The molecule has 0 aromatic heterocycles. The van der Waals surface area contributed by atoms with Crippen LogP contribution in [0.15, 0.2) is 4.99 Å². The molecule has 18 heavy (non-hydrogen) atoms. The second kappa shape index (κ2) is 11.3. The normalized spacial score (nSPS) is 13.8. The maximum Gasteiger partial charge on any atom is 0.205 e. The highest BCUT2D eigenvalue weighted by Gasteiger charge is 2.04. The standard InChI is InChI=1S/C13H30N4O/c1-11(2)7-5-8-12(3)16-13(17-14)15-9-6-10-18-4/h11-12H,5-10,14H2,1-4H3,(H2,15,16,17). The SMILES string of the molecule is COCCCN=C(NN)NC(C)CCCC(C)C. The first-order chi connectivity index (χ1) is 8.60. The Hall–Kier alpha value is -0.810. The van der Waals surface area contributed by atoms with Gasteiger partial charge in [0.15, 0.2) is 0 Å². The van der Waals surface area contributed by atoms with Gasteiger partial charge in [-0.2, -0.15) is 0 Å². The molecule has 0 fully saturated rings. The first-order valence-corrected chi connectivity index (χ1v) is 6.86. The number of ether oxygens (including phenoxy) is 1. The molecule has 0 rings (SSSR count). The van der Waals surface area contributed by atoms with E-state index in [0.717, 1.165) is 31.9 Å². The lowest BCUT2D eigenvalue weighted by Crippen LogP contribution is -2.45. The summed E-state index contributed by atoms with van der Waals surface area (Å²) in [6.07, 6.45) is 4.54. The molecular weight excluding hydrogens is 228 g/mol. The van der Waals surface area contributed by atoms with Crippen molar-refractivity contribution in [2.75, 3.05) is 20.3 Å². The first kappa shape index (κ1) is 17.2. The van der Waals surface area contributed by atoms with Crippen molar-refractivity contribution in [2.45, 2.75) is 52.5 Å². The Balaban J connectivity index is 3.81. The van der Waals surface area contributed by atoms with Gasteiger partial charge in [0.1, 0.15) is 0 Å². The van der Waals surface area contributed by atoms with Gasteiger partial charge in [0.2, 0.25) is 5.96 Å². The van der Waals surface area contributed by atoms with Crippen molar-refractivity contribution < 1.29 is 4.74 Å².